The fourth-order valence-electron chi connectivity index (χ4n) is 10.0. The van der Waals surface area contributed by atoms with Crippen molar-refractivity contribution >= 4 is 19.8 Å². The van der Waals surface area contributed by atoms with Gasteiger partial charge in [0, 0.05) is 12.8 Å². The molecule has 0 radical (unpaired) electrons. The number of esters is 2. The van der Waals surface area contributed by atoms with E-state index in [1.54, 1.807) is 0 Å². The molecular formula is C78H137NO8P+. The van der Waals surface area contributed by atoms with E-state index >= 15 is 0 Å². The average molecular weight is 1250 g/mol. The van der Waals surface area contributed by atoms with Crippen molar-refractivity contribution in [1.82, 2.24) is 0 Å². The molecule has 2 unspecified atom stereocenters. The molecule has 0 fully saturated rings. The first kappa shape index (κ1) is 84.4. The van der Waals surface area contributed by atoms with E-state index < -0.39 is 26.5 Å². The Hall–Kier alpha value is -3.59. The molecule has 0 aliphatic rings. The van der Waals surface area contributed by atoms with E-state index in [1.165, 1.54) is 167 Å². The minimum atomic E-state index is -4.40. The topological polar surface area (TPSA) is 108 Å². The zero-order chi connectivity index (χ0) is 64.1. The lowest BCUT2D eigenvalue weighted by atomic mass is 10.0. The number of quaternary nitrogens is 1. The van der Waals surface area contributed by atoms with Gasteiger partial charge in [-0.3, -0.25) is 18.6 Å². The van der Waals surface area contributed by atoms with Gasteiger partial charge in [0.15, 0.2) is 6.10 Å². The number of carbonyl (C=O) groups excluding carboxylic acids is 2. The molecule has 2 atom stereocenters. The fraction of sp³-hybridized carbons (Fsp3) is 0.718. The number of allylic oxidation sites excluding steroid dienone is 20. The monoisotopic (exact) mass is 1250 g/mol. The van der Waals surface area contributed by atoms with Crippen LogP contribution >= 0.6 is 7.82 Å². The van der Waals surface area contributed by atoms with E-state index in [9.17, 15) is 19.0 Å². The van der Waals surface area contributed by atoms with Crippen molar-refractivity contribution in [3.63, 3.8) is 0 Å². The second-order valence-corrected chi connectivity index (χ2v) is 26.7. The molecule has 0 heterocycles. The number of hydrogen-bond donors (Lipinski definition) is 1. The molecule has 88 heavy (non-hydrogen) atoms. The summed E-state index contributed by atoms with van der Waals surface area (Å²) in [6.07, 6.45) is 97.6. The summed E-state index contributed by atoms with van der Waals surface area (Å²) in [5.41, 5.74) is 0. The van der Waals surface area contributed by atoms with Crippen molar-refractivity contribution in [2.75, 3.05) is 47.5 Å². The van der Waals surface area contributed by atoms with Gasteiger partial charge in [0.05, 0.1) is 27.7 Å². The van der Waals surface area contributed by atoms with Gasteiger partial charge >= 0.3 is 19.8 Å². The van der Waals surface area contributed by atoms with E-state index in [1.807, 2.05) is 21.1 Å². The van der Waals surface area contributed by atoms with Crippen LogP contribution in [0.2, 0.25) is 0 Å². The summed E-state index contributed by atoms with van der Waals surface area (Å²) in [5, 5.41) is 0. The largest absolute Gasteiger partial charge is 0.472 e. The van der Waals surface area contributed by atoms with Crippen LogP contribution in [0, 0.1) is 0 Å². The zero-order valence-electron chi connectivity index (χ0n) is 57.7. The minimum Gasteiger partial charge on any atom is -0.462 e. The molecule has 0 aromatic rings. The van der Waals surface area contributed by atoms with Crippen molar-refractivity contribution in [2.45, 2.75) is 315 Å². The number of rotatable bonds is 66. The molecule has 0 aliphatic heterocycles. The molecular weight excluding hydrogens is 1110 g/mol. The first-order chi connectivity index (χ1) is 43.0. The quantitative estimate of drug-likeness (QED) is 0.0211. The highest BCUT2D eigenvalue weighted by Crippen LogP contribution is 2.43. The Kier molecular flexibility index (Phi) is 65.0. The number of phosphoric acid groups is 1. The van der Waals surface area contributed by atoms with Crippen LogP contribution in [0.1, 0.15) is 309 Å². The molecule has 10 heteroatoms. The smallest absolute Gasteiger partial charge is 0.462 e. The standard InChI is InChI=1S/C78H136NO8P/c1-6-8-10-12-14-16-18-20-22-24-26-28-30-31-32-33-34-35-36-37-38-39-40-41-42-43-44-45-46-47-49-50-52-54-56-58-60-62-64-66-68-70-77(80)84-74-76(75-86-88(82,83)85-73-72-79(3,4)5)87-78(81)71-69-67-65-63-61-59-57-55-53-51-48-29-27-25-23-21-19-17-15-13-11-9-7-2/h8-11,14-17,20-23,26-29,51,53,57,59,76H,6-7,12-13,18-19,24-25,30-50,52,54-56,58,60-75H2,1-5H3/p+1/b10-8-,11-9-,16-14-,17-15-,22-20-,23-21-,28-26-,29-27-,53-51-,59-57-. The van der Waals surface area contributed by atoms with Crippen LogP contribution in [0.3, 0.4) is 0 Å². The number of carbonyl (C=O) groups is 2. The third-order valence-corrected chi connectivity index (χ3v) is 16.5. The Morgan fingerprint density at radius 2 is 0.614 bits per heavy atom. The number of likely N-dealkylation sites (N-methyl/N-ethyl adjacent to an activating group) is 1. The lowest BCUT2D eigenvalue weighted by Crippen LogP contribution is -2.37. The van der Waals surface area contributed by atoms with Crippen LogP contribution in [0.4, 0.5) is 0 Å². The molecule has 0 rings (SSSR count). The second kappa shape index (κ2) is 67.8. The normalized spacial score (nSPS) is 13.8. The molecule has 1 N–H and O–H groups in total. The highest BCUT2D eigenvalue weighted by molar-refractivity contribution is 7.47. The van der Waals surface area contributed by atoms with Crippen LogP contribution in [-0.2, 0) is 32.7 Å². The zero-order valence-corrected chi connectivity index (χ0v) is 58.6. The van der Waals surface area contributed by atoms with Crippen LogP contribution in [0.5, 0.6) is 0 Å². The summed E-state index contributed by atoms with van der Waals surface area (Å²) in [7, 11) is 1.46. The Balaban J connectivity index is 3.95. The summed E-state index contributed by atoms with van der Waals surface area (Å²) in [6, 6.07) is 0. The van der Waals surface area contributed by atoms with Crippen molar-refractivity contribution in [3.05, 3.63) is 122 Å². The molecule has 0 aromatic heterocycles. The Bertz CT molecular complexity index is 1900. The molecule has 9 nitrogen and oxygen atoms in total. The Labute approximate surface area is 543 Å². The van der Waals surface area contributed by atoms with Crippen molar-refractivity contribution in [2.24, 2.45) is 0 Å². The molecule has 0 amide bonds. The molecule has 0 aromatic carbocycles. The number of nitrogens with zero attached hydrogens (tertiary/aromatic N) is 1. The van der Waals surface area contributed by atoms with Gasteiger partial charge in [-0.05, 0) is 103 Å². The molecule has 0 aliphatic carbocycles. The van der Waals surface area contributed by atoms with Crippen molar-refractivity contribution < 1.29 is 42.1 Å². The highest BCUT2D eigenvalue weighted by Gasteiger charge is 2.27. The van der Waals surface area contributed by atoms with E-state index in [-0.39, 0.29) is 32.0 Å². The van der Waals surface area contributed by atoms with Gasteiger partial charge in [-0.25, -0.2) is 4.57 Å². The van der Waals surface area contributed by atoms with Crippen LogP contribution < -0.4 is 0 Å². The van der Waals surface area contributed by atoms with E-state index in [0.717, 1.165) is 109 Å². The van der Waals surface area contributed by atoms with Crippen LogP contribution in [0.15, 0.2) is 122 Å². The van der Waals surface area contributed by atoms with Gasteiger partial charge < -0.3 is 18.9 Å². The van der Waals surface area contributed by atoms with Crippen LogP contribution in [-0.4, -0.2) is 74.9 Å². The maximum Gasteiger partial charge on any atom is 0.472 e. The van der Waals surface area contributed by atoms with Gasteiger partial charge in [-0.1, -0.05) is 315 Å². The molecule has 0 spiro atoms. The molecule has 0 saturated heterocycles. The average Bonchev–Trinajstić information content (AvgIpc) is 3.68. The predicted molar refractivity (Wildman–Crippen MR) is 381 cm³/mol. The lowest BCUT2D eigenvalue weighted by molar-refractivity contribution is -0.870. The third kappa shape index (κ3) is 71.5. The SMILES string of the molecule is CC/C=C\C/C=C\C/C=C\C/C=C\C/C=C\C/C=C\CCCCCCC(=O)OC(COC(=O)CCCCCCCCCCCCCCCCCCCCCCCCCCCCCC/C=C\C/C=C\C/C=C\C/C=C\CC)COP(=O)(O)OCC[N+](C)(C)C. The first-order valence-electron chi connectivity index (χ1n) is 36.3. The maximum absolute atomic E-state index is 12.9. The van der Waals surface area contributed by atoms with Gasteiger partial charge in [0.2, 0.25) is 0 Å². The van der Waals surface area contributed by atoms with Gasteiger partial charge in [-0.2, -0.15) is 0 Å². The van der Waals surface area contributed by atoms with Crippen molar-refractivity contribution in [1.29, 1.82) is 0 Å². The van der Waals surface area contributed by atoms with Crippen molar-refractivity contribution in [3.8, 4) is 0 Å². The van der Waals surface area contributed by atoms with Gasteiger partial charge in [-0.15, -0.1) is 0 Å². The summed E-state index contributed by atoms with van der Waals surface area (Å²) in [4.78, 5) is 35.9. The molecule has 0 bridgehead atoms. The number of unbranched alkanes of at least 4 members (excludes halogenated alkanes) is 32. The Morgan fingerprint density at radius 1 is 0.352 bits per heavy atom. The van der Waals surface area contributed by atoms with Gasteiger partial charge in [0.1, 0.15) is 19.8 Å². The summed E-state index contributed by atoms with van der Waals surface area (Å²) < 4.78 is 34.7. The molecule has 506 valence electrons. The minimum absolute atomic E-state index is 0.0224. The second-order valence-electron chi connectivity index (χ2n) is 25.2. The summed E-state index contributed by atoms with van der Waals surface area (Å²) in [5.74, 6) is -0.821. The maximum atomic E-state index is 12.9. The van der Waals surface area contributed by atoms with E-state index in [2.05, 4.69) is 135 Å². The lowest BCUT2D eigenvalue weighted by Gasteiger charge is -2.24. The first-order valence-corrected chi connectivity index (χ1v) is 37.8. The van der Waals surface area contributed by atoms with E-state index in [4.69, 9.17) is 18.5 Å². The Morgan fingerprint density at radius 3 is 0.909 bits per heavy atom. The number of hydrogen-bond acceptors (Lipinski definition) is 7. The summed E-state index contributed by atoms with van der Waals surface area (Å²) in [6.45, 7) is 4.20. The predicted octanol–water partition coefficient (Wildman–Crippen LogP) is 23.8. The van der Waals surface area contributed by atoms with Gasteiger partial charge in [0.25, 0.3) is 0 Å². The summed E-state index contributed by atoms with van der Waals surface area (Å²) >= 11 is 0. The highest BCUT2D eigenvalue weighted by atomic mass is 31.2. The fourth-order valence-corrected chi connectivity index (χ4v) is 10.8. The third-order valence-electron chi connectivity index (χ3n) is 15.5. The molecule has 0 saturated carbocycles. The van der Waals surface area contributed by atoms with Crippen LogP contribution in [0.25, 0.3) is 0 Å². The number of phosphoric ester groups is 1. The van der Waals surface area contributed by atoms with E-state index in [0.29, 0.717) is 17.4 Å². The number of ether oxygens (including phenoxy) is 2.